The summed E-state index contributed by atoms with van der Waals surface area (Å²) < 4.78 is 27.7. The number of ether oxygens (including phenoxy) is 1. The first-order valence-electron chi connectivity index (χ1n) is 3.81. The molecule has 0 aliphatic carbocycles. The summed E-state index contributed by atoms with van der Waals surface area (Å²) in [5.74, 6) is -0.206. The fourth-order valence-electron chi connectivity index (χ4n) is 1.08. The highest BCUT2D eigenvalue weighted by molar-refractivity contribution is 5.50. The summed E-state index contributed by atoms with van der Waals surface area (Å²) >= 11 is 0. The molecule has 0 fully saturated rings. The van der Waals surface area contributed by atoms with Gasteiger partial charge in [-0.3, -0.25) is 0 Å². The van der Waals surface area contributed by atoms with Gasteiger partial charge in [-0.15, -0.1) is 4.91 Å². The van der Waals surface area contributed by atoms with Crippen LogP contribution in [-0.4, -0.2) is 11.6 Å². The van der Waals surface area contributed by atoms with E-state index in [-0.39, 0.29) is 17.3 Å². The predicted molar refractivity (Wildman–Crippen MR) is 45.8 cm³/mol. The molecule has 1 rings (SSSR count). The summed E-state index contributed by atoms with van der Waals surface area (Å²) in [7, 11) is 0. The molecular weight excluding hydrogens is 194 g/mol. The topological polar surface area (TPSA) is 51.6 Å². The van der Waals surface area contributed by atoms with E-state index < -0.39 is 6.61 Å². The Balaban J connectivity index is 3.07. The molecule has 0 unspecified atom stereocenters. The molecule has 0 aliphatic heterocycles. The molecule has 0 spiro atoms. The molecule has 0 saturated carbocycles. The monoisotopic (exact) mass is 202 g/mol. The van der Waals surface area contributed by atoms with Gasteiger partial charge in [0.1, 0.15) is 5.69 Å². The van der Waals surface area contributed by atoms with Crippen molar-refractivity contribution in [3.63, 3.8) is 0 Å². The van der Waals surface area contributed by atoms with Crippen LogP contribution in [0, 0.1) is 18.8 Å². The molecule has 0 radical (unpaired) electrons. The molecule has 0 aromatic carbocycles. The maximum Gasteiger partial charge on any atom is 0.388 e. The molecule has 0 amide bonds. The molecule has 6 heteroatoms. The summed E-state index contributed by atoms with van der Waals surface area (Å²) in [5.41, 5.74) is 0.894. The lowest BCUT2D eigenvalue weighted by Gasteiger charge is -2.06. The summed E-state index contributed by atoms with van der Waals surface area (Å²) in [4.78, 5) is 14.0. The minimum Gasteiger partial charge on any atom is -0.417 e. The van der Waals surface area contributed by atoms with Gasteiger partial charge >= 0.3 is 6.61 Å². The second-order valence-electron chi connectivity index (χ2n) is 2.68. The summed E-state index contributed by atoms with van der Waals surface area (Å²) in [6.45, 7) is 0.155. The number of rotatable bonds is 3. The van der Waals surface area contributed by atoms with Crippen molar-refractivity contribution in [3.8, 4) is 5.88 Å². The number of hydrogen-bond donors (Lipinski definition) is 0. The summed E-state index contributed by atoms with van der Waals surface area (Å²) in [6.07, 6.45) is 0. The first-order chi connectivity index (χ1) is 6.54. The molecule has 1 aromatic heterocycles. The Morgan fingerprint density at radius 3 is 2.57 bits per heavy atom. The quantitative estimate of drug-likeness (QED) is 0.708. The standard InChI is InChI=1S/C8H8F2N2O2/c1-4-3-6(14-8(9)10)11-5(2)7(4)12-13/h3,8H,1-2H3. The van der Waals surface area contributed by atoms with E-state index in [1.54, 1.807) is 6.92 Å². The first-order valence-corrected chi connectivity index (χ1v) is 3.81. The number of pyridine rings is 1. The number of nitroso groups, excluding NO2 is 1. The Morgan fingerprint density at radius 1 is 1.50 bits per heavy atom. The third-order valence-corrected chi connectivity index (χ3v) is 1.64. The zero-order valence-corrected chi connectivity index (χ0v) is 7.62. The average Bonchev–Trinajstić information content (AvgIpc) is 2.01. The molecule has 76 valence electrons. The van der Waals surface area contributed by atoms with Crippen molar-refractivity contribution < 1.29 is 13.5 Å². The van der Waals surface area contributed by atoms with Crippen LogP contribution < -0.4 is 4.74 Å². The van der Waals surface area contributed by atoms with Crippen LogP contribution in [0.5, 0.6) is 5.88 Å². The van der Waals surface area contributed by atoms with Crippen molar-refractivity contribution in [1.29, 1.82) is 0 Å². The Morgan fingerprint density at radius 2 is 2.14 bits per heavy atom. The predicted octanol–water partition coefficient (Wildman–Crippen LogP) is 2.70. The molecule has 14 heavy (non-hydrogen) atoms. The van der Waals surface area contributed by atoms with Crippen LogP contribution in [0.25, 0.3) is 0 Å². The van der Waals surface area contributed by atoms with Crippen LogP contribution >= 0.6 is 0 Å². The third kappa shape index (κ3) is 2.21. The van der Waals surface area contributed by atoms with Gasteiger partial charge in [-0.05, 0) is 24.6 Å². The van der Waals surface area contributed by atoms with Crippen LogP contribution in [0.3, 0.4) is 0 Å². The number of halogens is 2. The van der Waals surface area contributed by atoms with E-state index in [1.165, 1.54) is 13.0 Å². The maximum absolute atomic E-state index is 11.8. The van der Waals surface area contributed by atoms with Crippen molar-refractivity contribution in [1.82, 2.24) is 4.98 Å². The van der Waals surface area contributed by atoms with Crippen LogP contribution in [0.2, 0.25) is 0 Å². The van der Waals surface area contributed by atoms with Gasteiger partial charge in [-0.1, -0.05) is 0 Å². The highest BCUT2D eigenvalue weighted by atomic mass is 19.3. The van der Waals surface area contributed by atoms with Crippen LogP contribution in [0.1, 0.15) is 11.3 Å². The fraction of sp³-hybridized carbons (Fsp3) is 0.375. The van der Waals surface area contributed by atoms with E-state index in [0.717, 1.165) is 0 Å². The molecule has 0 aliphatic rings. The average molecular weight is 202 g/mol. The molecule has 1 aromatic rings. The molecule has 0 atom stereocenters. The zero-order valence-electron chi connectivity index (χ0n) is 7.62. The van der Waals surface area contributed by atoms with Crippen molar-refractivity contribution in [2.75, 3.05) is 0 Å². The van der Waals surface area contributed by atoms with E-state index in [1.807, 2.05) is 0 Å². The molecule has 0 saturated heterocycles. The summed E-state index contributed by atoms with van der Waals surface area (Å²) in [6, 6.07) is 1.25. The number of aromatic nitrogens is 1. The van der Waals surface area contributed by atoms with Crippen molar-refractivity contribution >= 4 is 5.69 Å². The van der Waals surface area contributed by atoms with E-state index >= 15 is 0 Å². The highest BCUT2D eigenvalue weighted by Crippen LogP contribution is 2.25. The smallest absolute Gasteiger partial charge is 0.388 e. The van der Waals surface area contributed by atoms with Gasteiger partial charge in [0.2, 0.25) is 5.88 Å². The number of nitrogens with zero attached hydrogens (tertiary/aromatic N) is 2. The van der Waals surface area contributed by atoms with Gasteiger partial charge in [0.05, 0.1) is 5.69 Å². The van der Waals surface area contributed by atoms with Crippen LogP contribution in [0.15, 0.2) is 11.2 Å². The van der Waals surface area contributed by atoms with Crippen molar-refractivity contribution in [3.05, 3.63) is 22.2 Å². The number of hydrogen-bond acceptors (Lipinski definition) is 4. The molecule has 0 bridgehead atoms. The minimum atomic E-state index is -2.92. The van der Waals surface area contributed by atoms with Gasteiger partial charge < -0.3 is 4.74 Å². The number of alkyl halides is 2. The van der Waals surface area contributed by atoms with E-state index in [9.17, 15) is 13.7 Å². The second-order valence-corrected chi connectivity index (χ2v) is 2.68. The first kappa shape index (κ1) is 10.5. The van der Waals surface area contributed by atoms with Crippen LogP contribution in [-0.2, 0) is 0 Å². The molecule has 4 nitrogen and oxygen atoms in total. The van der Waals surface area contributed by atoms with Gasteiger partial charge in [0, 0.05) is 6.07 Å². The van der Waals surface area contributed by atoms with E-state index in [0.29, 0.717) is 5.56 Å². The molecular formula is C8H8F2N2O2. The number of aryl methyl sites for hydroxylation is 2. The van der Waals surface area contributed by atoms with E-state index in [2.05, 4.69) is 14.9 Å². The zero-order chi connectivity index (χ0) is 10.7. The molecule has 0 N–H and O–H groups in total. The lowest BCUT2D eigenvalue weighted by Crippen LogP contribution is -2.04. The van der Waals surface area contributed by atoms with Gasteiger partial charge in [-0.25, -0.2) is 4.98 Å². The Kier molecular flexibility index (Phi) is 3.06. The van der Waals surface area contributed by atoms with Crippen molar-refractivity contribution in [2.24, 2.45) is 5.18 Å². The SMILES string of the molecule is Cc1cc(OC(F)F)nc(C)c1N=O. The Hall–Kier alpha value is -1.59. The van der Waals surface area contributed by atoms with Gasteiger partial charge in [0.15, 0.2) is 0 Å². The highest BCUT2D eigenvalue weighted by Gasteiger charge is 2.11. The van der Waals surface area contributed by atoms with E-state index in [4.69, 9.17) is 0 Å². The summed E-state index contributed by atoms with van der Waals surface area (Å²) in [5, 5.41) is 2.73. The molecule has 1 heterocycles. The third-order valence-electron chi connectivity index (χ3n) is 1.64. The largest absolute Gasteiger partial charge is 0.417 e. The lowest BCUT2D eigenvalue weighted by atomic mass is 10.2. The Bertz CT molecular complexity index is 332. The maximum atomic E-state index is 11.8. The van der Waals surface area contributed by atoms with Gasteiger partial charge in [0.25, 0.3) is 0 Å². The lowest BCUT2D eigenvalue weighted by molar-refractivity contribution is -0.0529. The Labute approximate surface area is 78.9 Å². The minimum absolute atomic E-state index is 0.159. The second kappa shape index (κ2) is 4.08. The van der Waals surface area contributed by atoms with Crippen molar-refractivity contribution in [2.45, 2.75) is 20.5 Å². The normalized spacial score (nSPS) is 10.4. The van der Waals surface area contributed by atoms with Gasteiger partial charge in [-0.2, -0.15) is 8.78 Å². The fourth-order valence-corrected chi connectivity index (χ4v) is 1.08. The van der Waals surface area contributed by atoms with Crippen LogP contribution in [0.4, 0.5) is 14.5 Å².